The van der Waals surface area contributed by atoms with Crippen LogP contribution in [0.1, 0.15) is 19.0 Å². The van der Waals surface area contributed by atoms with Crippen molar-refractivity contribution < 1.29 is 4.74 Å². The Balaban J connectivity index is 2.70. The number of nitrogens with one attached hydrogen (secondary N) is 1. The molecule has 1 heterocycles. The van der Waals surface area contributed by atoms with Crippen molar-refractivity contribution in [2.45, 2.75) is 19.8 Å². The Morgan fingerprint density at radius 3 is 3.10 bits per heavy atom. The van der Waals surface area contributed by atoms with Gasteiger partial charge in [0.2, 0.25) is 0 Å². The summed E-state index contributed by atoms with van der Waals surface area (Å²) in [5.74, 6) is 0.863. The third kappa shape index (κ3) is 1.29. The lowest BCUT2D eigenvalue weighted by Crippen LogP contribution is -1.88. The van der Waals surface area contributed by atoms with Crippen LogP contribution in [0.3, 0.4) is 0 Å². The van der Waals surface area contributed by atoms with E-state index in [-0.39, 0.29) is 0 Å². The van der Waals surface area contributed by atoms with E-state index in [9.17, 15) is 0 Å². The van der Waals surface area contributed by atoms with Crippen molar-refractivity contribution in [3.8, 4) is 5.75 Å². The van der Waals surface area contributed by atoms with Crippen LogP contribution >= 0.6 is 0 Å². The first-order valence-electron chi connectivity index (χ1n) is 3.45. The molecular weight excluding hydrogens is 128 g/mol. The lowest BCUT2D eigenvalue weighted by atomic mass is 10.2. The van der Waals surface area contributed by atoms with Crippen LogP contribution in [0.2, 0.25) is 0 Å². The zero-order valence-corrected chi connectivity index (χ0v) is 6.35. The summed E-state index contributed by atoms with van der Waals surface area (Å²) >= 11 is 0. The monoisotopic (exact) mass is 140 g/mol. The van der Waals surface area contributed by atoms with Crippen molar-refractivity contribution in [3.05, 3.63) is 11.9 Å². The van der Waals surface area contributed by atoms with E-state index in [1.807, 2.05) is 0 Å². The van der Waals surface area contributed by atoms with Gasteiger partial charge in [0.1, 0.15) is 5.69 Å². The minimum absolute atomic E-state index is 0.863. The van der Waals surface area contributed by atoms with Gasteiger partial charge in [0.05, 0.1) is 13.3 Å². The third-order valence-corrected chi connectivity index (χ3v) is 1.39. The summed E-state index contributed by atoms with van der Waals surface area (Å²) < 4.78 is 5.04. The summed E-state index contributed by atoms with van der Waals surface area (Å²) in [4.78, 5) is 0. The van der Waals surface area contributed by atoms with Crippen molar-refractivity contribution >= 4 is 0 Å². The molecule has 10 heavy (non-hydrogen) atoms. The number of ether oxygens (including phenoxy) is 1. The van der Waals surface area contributed by atoms with E-state index in [0.717, 1.165) is 24.3 Å². The van der Waals surface area contributed by atoms with E-state index in [1.54, 1.807) is 13.3 Å². The quantitative estimate of drug-likeness (QED) is 0.688. The average Bonchev–Trinajstić information content (AvgIpc) is 2.36. The van der Waals surface area contributed by atoms with Gasteiger partial charge in [-0.1, -0.05) is 13.3 Å². The second kappa shape index (κ2) is 3.25. The zero-order valence-electron chi connectivity index (χ0n) is 6.35. The van der Waals surface area contributed by atoms with Gasteiger partial charge in [-0.2, -0.15) is 5.10 Å². The fraction of sp³-hybridized carbons (Fsp3) is 0.571. The Kier molecular flexibility index (Phi) is 2.31. The molecule has 0 aliphatic carbocycles. The van der Waals surface area contributed by atoms with Crippen LogP contribution in [0.25, 0.3) is 0 Å². The van der Waals surface area contributed by atoms with Crippen LogP contribution in [0.5, 0.6) is 5.75 Å². The highest BCUT2D eigenvalue weighted by molar-refractivity contribution is 5.23. The van der Waals surface area contributed by atoms with Crippen LogP contribution < -0.4 is 4.74 Å². The lowest BCUT2D eigenvalue weighted by Gasteiger charge is -1.96. The van der Waals surface area contributed by atoms with Gasteiger partial charge < -0.3 is 4.74 Å². The number of aromatic amines is 1. The molecule has 0 aliphatic rings. The van der Waals surface area contributed by atoms with E-state index in [2.05, 4.69) is 17.1 Å². The molecule has 56 valence electrons. The molecule has 0 bridgehead atoms. The summed E-state index contributed by atoms with van der Waals surface area (Å²) in [6.45, 7) is 2.12. The molecule has 1 aromatic rings. The van der Waals surface area contributed by atoms with Crippen LogP contribution in [0.15, 0.2) is 6.20 Å². The molecule has 0 saturated heterocycles. The Hall–Kier alpha value is -0.990. The number of methoxy groups -OCH3 is 1. The maximum atomic E-state index is 5.04. The average molecular weight is 140 g/mol. The van der Waals surface area contributed by atoms with Gasteiger partial charge in [-0.15, -0.1) is 0 Å². The Morgan fingerprint density at radius 2 is 2.50 bits per heavy atom. The molecule has 0 aromatic carbocycles. The number of rotatable bonds is 3. The standard InChI is InChI=1S/C7H12N2O/c1-3-4-6-7(10-2)5-8-9-6/h5H,3-4H2,1-2H3,(H,8,9). The third-order valence-electron chi connectivity index (χ3n) is 1.39. The molecular formula is C7H12N2O. The van der Waals surface area contributed by atoms with Crippen molar-refractivity contribution in [3.63, 3.8) is 0 Å². The molecule has 0 amide bonds. The van der Waals surface area contributed by atoms with Gasteiger partial charge in [0, 0.05) is 0 Å². The second-order valence-corrected chi connectivity index (χ2v) is 2.15. The van der Waals surface area contributed by atoms with Crippen LogP contribution in [0.4, 0.5) is 0 Å². The largest absolute Gasteiger partial charge is 0.493 e. The lowest BCUT2D eigenvalue weighted by molar-refractivity contribution is 0.409. The van der Waals surface area contributed by atoms with E-state index in [0.29, 0.717) is 0 Å². The highest BCUT2D eigenvalue weighted by Gasteiger charge is 2.02. The predicted octanol–water partition coefficient (Wildman–Crippen LogP) is 1.37. The minimum atomic E-state index is 0.863. The first-order chi connectivity index (χ1) is 4.88. The van der Waals surface area contributed by atoms with Crippen molar-refractivity contribution in [1.29, 1.82) is 0 Å². The van der Waals surface area contributed by atoms with Crippen LogP contribution in [0, 0.1) is 0 Å². The van der Waals surface area contributed by atoms with E-state index in [4.69, 9.17) is 4.74 Å². The van der Waals surface area contributed by atoms with Crippen molar-refractivity contribution in [2.75, 3.05) is 7.11 Å². The van der Waals surface area contributed by atoms with Gasteiger partial charge in [0.25, 0.3) is 0 Å². The molecule has 0 atom stereocenters. The zero-order chi connectivity index (χ0) is 7.40. The number of hydrogen-bond donors (Lipinski definition) is 1. The smallest absolute Gasteiger partial charge is 0.159 e. The highest BCUT2D eigenvalue weighted by atomic mass is 16.5. The molecule has 0 radical (unpaired) electrons. The normalized spacial score (nSPS) is 9.80. The van der Waals surface area contributed by atoms with Gasteiger partial charge in [-0.3, -0.25) is 5.10 Å². The molecule has 0 aliphatic heterocycles. The summed E-state index contributed by atoms with van der Waals surface area (Å²) in [5, 5.41) is 6.79. The Labute approximate surface area is 60.4 Å². The second-order valence-electron chi connectivity index (χ2n) is 2.15. The molecule has 0 unspecified atom stereocenters. The Morgan fingerprint density at radius 1 is 1.70 bits per heavy atom. The highest BCUT2D eigenvalue weighted by Crippen LogP contribution is 2.14. The summed E-state index contributed by atoms with van der Waals surface area (Å²) in [6.07, 6.45) is 3.85. The summed E-state index contributed by atoms with van der Waals surface area (Å²) in [6, 6.07) is 0. The SMILES string of the molecule is CCCc1n[nH]cc1OC. The summed E-state index contributed by atoms with van der Waals surface area (Å²) in [5.41, 5.74) is 1.02. The molecule has 0 saturated carbocycles. The van der Waals surface area contributed by atoms with Crippen LogP contribution in [-0.4, -0.2) is 17.3 Å². The maximum Gasteiger partial charge on any atom is 0.159 e. The molecule has 3 nitrogen and oxygen atoms in total. The minimum Gasteiger partial charge on any atom is -0.493 e. The van der Waals surface area contributed by atoms with Gasteiger partial charge in [0.15, 0.2) is 5.75 Å². The topological polar surface area (TPSA) is 37.9 Å². The molecule has 1 rings (SSSR count). The number of nitrogens with zero attached hydrogens (tertiary/aromatic N) is 1. The van der Waals surface area contributed by atoms with E-state index < -0.39 is 0 Å². The first-order valence-corrected chi connectivity index (χ1v) is 3.45. The van der Waals surface area contributed by atoms with Crippen LogP contribution in [-0.2, 0) is 6.42 Å². The Bertz CT molecular complexity index is 195. The number of H-pyrrole nitrogens is 1. The molecule has 1 aromatic heterocycles. The first kappa shape index (κ1) is 7.12. The van der Waals surface area contributed by atoms with Crippen molar-refractivity contribution in [1.82, 2.24) is 10.2 Å². The predicted molar refractivity (Wildman–Crippen MR) is 39.1 cm³/mol. The fourth-order valence-electron chi connectivity index (χ4n) is 0.900. The number of aromatic nitrogens is 2. The molecule has 3 heteroatoms. The van der Waals surface area contributed by atoms with E-state index >= 15 is 0 Å². The maximum absolute atomic E-state index is 5.04. The molecule has 1 N–H and O–H groups in total. The number of hydrogen-bond acceptors (Lipinski definition) is 2. The van der Waals surface area contributed by atoms with Gasteiger partial charge in [-0.25, -0.2) is 0 Å². The fourth-order valence-corrected chi connectivity index (χ4v) is 0.900. The van der Waals surface area contributed by atoms with E-state index in [1.165, 1.54) is 0 Å². The van der Waals surface area contributed by atoms with Gasteiger partial charge >= 0.3 is 0 Å². The molecule has 0 fully saturated rings. The molecule has 0 spiro atoms. The van der Waals surface area contributed by atoms with Gasteiger partial charge in [-0.05, 0) is 6.42 Å². The summed E-state index contributed by atoms with van der Waals surface area (Å²) in [7, 11) is 1.66. The van der Waals surface area contributed by atoms with Crippen molar-refractivity contribution in [2.24, 2.45) is 0 Å². The number of aryl methyl sites for hydroxylation is 1.